The Morgan fingerprint density at radius 3 is 0.784 bits per heavy atom. The maximum atomic E-state index is 12.4. The Bertz CT molecular complexity index is 753. The van der Waals surface area contributed by atoms with Crippen molar-refractivity contribution in [1.82, 2.24) is 0 Å². The van der Waals surface area contributed by atoms with Gasteiger partial charge in [-0.2, -0.15) is 0 Å². The number of carbonyl (C=O) groups excluding carboxylic acids is 3. The molecule has 0 heterocycles. The van der Waals surface area contributed by atoms with Crippen molar-refractivity contribution in [2.24, 2.45) is 0 Å². The summed E-state index contributed by atoms with van der Waals surface area (Å²) in [5.74, 6) is -0.886. The van der Waals surface area contributed by atoms with Crippen LogP contribution in [0.15, 0.2) is 0 Å². The van der Waals surface area contributed by atoms with E-state index in [0.717, 1.165) is 70.6 Å². The lowest BCUT2D eigenvalue weighted by Gasteiger charge is -2.18. The molecule has 0 aromatic carbocycles. The lowest BCUT2D eigenvalue weighted by atomic mass is 10.0. The summed E-state index contributed by atoms with van der Waals surface area (Å²) >= 11 is 0. The van der Waals surface area contributed by atoms with Crippen LogP contribution in [-0.4, -0.2) is 37.2 Å². The van der Waals surface area contributed by atoms with Gasteiger partial charge in [-0.05, 0) is 19.3 Å². The standard InChI is InChI=1S/C45H86O6/c1-4-7-10-13-14-15-16-17-18-19-20-21-22-23-24-25-26-27-28-29-30-33-35-38-44(47)50-41-42(51-45(48)39-36-32-12-9-6-3)40-49-43(46)37-34-31-11-8-5-2/h42H,4-41H2,1-3H3. The van der Waals surface area contributed by atoms with Crippen molar-refractivity contribution in [2.75, 3.05) is 13.2 Å². The Balaban J connectivity index is 3.85. The van der Waals surface area contributed by atoms with E-state index in [1.807, 2.05) is 0 Å². The topological polar surface area (TPSA) is 78.9 Å². The molecular weight excluding hydrogens is 636 g/mol. The molecule has 1 atom stereocenters. The summed E-state index contributed by atoms with van der Waals surface area (Å²) in [5, 5.41) is 0. The van der Waals surface area contributed by atoms with E-state index >= 15 is 0 Å². The third-order valence-electron chi connectivity index (χ3n) is 10.1. The monoisotopic (exact) mass is 723 g/mol. The molecule has 0 aliphatic heterocycles. The van der Waals surface area contributed by atoms with Gasteiger partial charge in [-0.3, -0.25) is 14.4 Å². The summed E-state index contributed by atoms with van der Waals surface area (Å²) in [5.41, 5.74) is 0. The predicted molar refractivity (Wildman–Crippen MR) is 215 cm³/mol. The highest BCUT2D eigenvalue weighted by atomic mass is 16.6. The Hall–Kier alpha value is -1.59. The van der Waals surface area contributed by atoms with Crippen molar-refractivity contribution in [3.8, 4) is 0 Å². The van der Waals surface area contributed by atoms with Crippen molar-refractivity contribution >= 4 is 17.9 Å². The van der Waals surface area contributed by atoms with Crippen LogP contribution in [0.4, 0.5) is 0 Å². The van der Waals surface area contributed by atoms with Gasteiger partial charge in [-0.1, -0.05) is 213 Å². The van der Waals surface area contributed by atoms with Crippen LogP contribution in [0.2, 0.25) is 0 Å². The average molecular weight is 723 g/mol. The van der Waals surface area contributed by atoms with Crippen LogP contribution in [0.25, 0.3) is 0 Å². The van der Waals surface area contributed by atoms with Crippen molar-refractivity contribution in [3.05, 3.63) is 0 Å². The minimum absolute atomic E-state index is 0.0659. The molecule has 0 saturated carbocycles. The van der Waals surface area contributed by atoms with E-state index < -0.39 is 6.10 Å². The summed E-state index contributed by atoms with van der Waals surface area (Å²) < 4.78 is 16.4. The van der Waals surface area contributed by atoms with Gasteiger partial charge >= 0.3 is 17.9 Å². The summed E-state index contributed by atoms with van der Waals surface area (Å²) in [6, 6.07) is 0. The zero-order valence-corrected chi connectivity index (χ0v) is 34.4. The molecule has 0 spiro atoms. The van der Waals surface area contributed by atoms with Crippen LogP contribution < -0.4 is 0 Å². The van der Waals surface area contributed by atoms with Crippen LogP contribution in [-0.2, 0) is 28.6 Å². The largest absolute Gasteiger partial charge is 0.462 e. The van der Waals surface area contributed by atoms with E-state index in [2.05, 4.69) is 20.8 Å². The second kappa shape index (κ2) is 41.2. The van der Waals surface area contributed by atoms with E-state index in [4.69, 9.17) is 14.2 Å². The first kappa shape index (κ1) is 49.4. The molecule has 0 N–H and O–H groups in total. The Kier molecular flexibility index (Phi) is 39.9. The predicted octanol–water partition coefficient (Wildman–Crippen LogP) is 14.1. The van der Waals surface area contributed by atoms with E-state index in [9.17, 15) is 14.4 Å². The molecule has 1 unspecified atom stereocenters. The molecule has 51 heavy (non-hydrogen) atoms. The Morgan fingerprint density at radius 2 is 0.529 bits per heavy atom. The molecule has 0 aliphatic carbocycles. The molecular formula is C45H86O6. The van der Waals surface area contributed by atoms with Crippen LogP contribution in [0.3, 0.4) is 0 Å². The lowest BCUT2D eigenvalue weighted by molar-refractivity contribution is -0.167. The summed E-state index contributed by atoms with van der Waals surface area (Å²) in [4.78, 5) is 37.1. The molecule has 0 bridgehead atoms. The van der Waals surface area contributed by atoms with E-state index in [0.29, 0.717) is 19.3 Å². The molecule has 0 fully saturated rings. The number of ether oxygens (including phenoxy) is 3. The number of hydrogen-bond donors (Lipinski definition) is 0. The number of esters is 3. The Labute approximate surface area is 317 Å². The minimum Gasteiger partial charge on any atom is -0.462 e. The first-order chi connectivity index (χ1) is 25.0. The van der Waals surface area contributed by atoms with E-state index in [-0.39, 0.29) is 31.1 Å². The van der Waals surface area contributed by atoms with Crippen molar-refractivity contribution < 1.29 is 28.6 Å². The van der Waals surface area contributed by atoms with Crippen LogP contribution in [0.1, 0.15) is 252 Å². The molecule has 0 amide bonds. The highest BCUT2D eigenvalue weighted by Crippen LogP contribution is 2.16. The quantitative estimate of drug-likeness (QED) is 0.0355. The third kappa shape index (κ3) is 39.5. The van der Waals surface area contributed by atoms with Gasteiger partial charge in [0.25, 0.3) is 0 Å². The molecule has 6 nitrogen and oxygen atoms in total. The fraction of sp³-hybridized carbons (Fsp3) is 0.933. The molecule has 0 saturated heterocycles. The molecule has 0 radical (unpaired) electrons. The van der Waals surface area contributed by atoms with Crippen LogP contribution in [0, 0.1) is 0 Å². The molecule has 0 aliphatic rings. The van der Waals surface area contributed by atoms with Crippen molar-refractivity contribution in [3.63, 3.8) is 0 Å². The third-order valence-corrected chi connectivity index (χ3v) is 10.1. The second-order valence-electron chi connectivity index (χ2n) is 15.3. The summed E-state index contributed by atoms with van der Waals surface area (Å²) in [6.07, 6.45) is 41.7. The van der Waals surface area contributed by atoms with Crippen LogP contribution >= 0.6 is 0 Å². The zero-order valence-electron chi connectivity index (χ0n) is 34.4. The summed E-state index contributed by atoms with van der Waals surface area (Å²) in [6.45, 7) is 6.48. The SMILES string of the molecule is CCCCCCCCCCCCCCCCCCCCCCCCCC(=O)OCC(COC(=O)CCCCCCC)OC(=O)CCCCCCC. The van der Waals surface area contributed by atoms with Gasteiger partial charge in [-0.15, -0.1) is 0 Å². The van der Waals surface area contributed by atoms with Gasteiger partial charge in [0, 0.05) is 19.3 Å². The number of unbranched alkanes of at least 4 members (excludes halogenated alkanes) is 30. The van der Waals surface area contributed by atoms with Gasteiger partial charge in [0.05, 0.1) is 0 Å². The van der Waals surface area contributed by atoms with Gasteiger partial charge in [0.15, 0.2) is 6.10 Å². The maximum absolute atomic E-state index is 12.4. The van der Waals surface area contributed by atoms with Crippen molar-refractivity contribution in [2.45, 2.75) is 258 Å². The molecule has 0 aromatic rings. The van der Waals surface area contributed by atoms with E-state index in [1.165, 1.54) is 141 Å². The number of rotatable bonds is 41. The second-order valence-corrected chi connectivity index (χ2v) is 15.3. The zero-order chi connectivity index (χ0) is 37.3. The van der Waals surface area contributed by atoms with Gasteiger partial charge in [0.2, 0.25) is 0 Å². The van der Waals surface area contributed by atoms with Crippen molar-refractivity contribution in [1.29, 1.82) is 0 Å². The lowest BCUT2D eigenvalue weighted by Crippen LogP contribution is -2.30. The van der Waals surface area contributed by atoms with Gasteiger partial charge in [-0.25, -0.2) is 0 Å². The minimum atomic E-state index is -0.754. The van der Waals surface area contributed by atoms with Gasteiger partial charge in [0.1, 0.15) is 13.2 Å². The van der Waals surface area contributed by atoms with Gasteiger partial charge < -0.3 is 14.2 Å². The smallest absolute Gasteiger partial charge is 0.306 e. The number of hydrogen-bond acceptors (Lipinski definition) is 6. The molecule has 0 aromatic heterocycles. The highest BCUT2D eigenvalue weighted by Gasteiger charge is 2.19. The normalized spacial score (nSPS) is 11.8. The molecule has 6 heteroatoms. The fourth-order valence-electron chi connectivity index (χ4n) is 6.68. The fourth-order valence-corrected chi connectivity index (χ4v) is 6.68. The highest BCUT2D eigenvalue weighted by molar-refractivity contribution is 5.71. The Morgan fingerprint density at radius 1 is 0.314 bits per heavy atom. The number of carbonyl (C=O) groups is 3. The average Bonchev–Trinajstić information content (AvgIpc) is 3.12. The maximum Gasteiger partial charge on any atom is 0.306 e. The van der Waals surface area contributed by atoms with E-state index in [1.54, 1.807) is 0 Å². The molecule has 302 valence electrons. The first-order valence-electron chi connectivity index (χ1n) is 22.5. The summed E-state index contributed by atoms with van der Waals surface area (Å²) in [7, 11) is 0. The first-order valence-corrected chi connectivity index (χ1v) is 22.5. The molecule has 0 rings (SSSR count). The van der Waals surface area contributed by atoms with Crippen LogP contribution in [0.5, 0.6) is 0 Å².